The Morgan fingerprint density at radius 2 is 1.52 bits per heavy atom. The summed E-state index contributed by atoms with van der Waals surface area (Å²) in [7, 11) is 0. The molecule has 3 aromatic carbocycles. The predicted molar refractivity (Wildman–Crippen MR) is 109 cm³/mol. The lowest BCUT2D eigenvalue weighted by Gasteiger charge is -2.25. The minimum atomic E-state index is -0.818. The van der Waals surface area contributed by atoms with E-state index in [4.69, 9.17) is 0 Å². The second-order valence-corrected chi connectivity index (χ2v) is 6.92. The van der Waals surface area contributed by atoms with Gasteiger partial charge in [0.05, 0.1) is 11.6 Å². The van der Waals surface area contributed by atoms with Gasteiger partial charge in [-0.1, -0.05) is 60.2 Å². The molecule has 5 heteroatoms. The summed E-state index contributed by atoms with van der Waals surface area (Å²) >= 11 is 0. The summed E-state index contributed by atoms with van der Waals surface area (Å²) in [5.74, 6) is -2.22. The van der Waals surface area contributed by atoms with Crippen LogP contribution in [0.3, 0.4) is 0 Å². The number of hydrogen-bond donors (Lipinski definition) is 1. The van der Waals surface area contributed by atoms with E-state index in [1.165, 1.54) is 29.2 Å². The van der Waals surface area contributed by atoms with Crippen LogP contribution in [0.2, 0.25) is 0 Å². The van der Waals surface area contributed by atoms with E-state index >= 15 is 0 Å². The smallest absolute Gasteiger partial charge is 0.300 e. The zero-order chi connectivity index (χ0) is 20.5. The molecule has 0 aromatic heterocycles. The van der Waals surface area contributed by atoms with Crippen molar-refractivity contribution in [3.63, 3.8) is 0 Å². The molecule has 1 N–H and O–H groups in total. The van der Waals surface area contributed by atoms with Crippen LogP contribution in [0.25, 0.3) is 5.76 Å². The van der Waals surface area contributed by atoms with Crippen molar-refractivity contribution >= 4 is 23.1 Å². The predicted octanol–water partition coefficient (Wildman–Crippen LogP) is 4.76. The largest absolute Gasteiger partial charge is 0.507 e. The average Bonchev–Trinajstić information content (AvgIpc) is 3.00. The molecule has 29 heavy (non-hydrogen) atoms. The van der Waals surface area contributed by atoms with Crippen LogP contribution >= 0.6 is 0 Å². The van der Waals surface area contributed by atoms with Crippen molar-refractivity contribution in [1.82, 2.24) is 0 Å². The number of halogens is 1. The lowest BCUT2D eigenvalue weighted by atomic mass is 9.94. The molecule has 0 aliphatic carbocycles. The zero-order valence-electron chi connectivity index (χ0n) is 15.7. The van der Waals surface area contributed by atoms with Crippen LogP contribution < -0.4 is 4.90 Å². The molecule has 144 valence electrons. The van der Waals surface area contributed by atoms with Crippen molar-refractivity contribution in [2.24, 2.45) is 0 Å². The number of ketones is 1. The van der Waals surface area contributed by atoms with Gasteiger partial charge in [0.1, 0.15) is 11.6 Å². The van der Waals surface area contributed by atoms with Gasteiger partial charge in [-0.15, -0.1) is 0 Å². The van der Waals surface area contributed by atoms with Gasteiger partial charge in [0.25, 0.3) is 11.7 Å². The van der Waals surface area contributed by atoms with Crippen molar-refractivity contribution in [2.75, 3.05) is 4.90 Å². The van der Waals surface area contributed by atoms with Gasteiger partial charge in [0.15, 0.2) is 0 Å². The van der Waals surface area contributed by atoms with Crippen LogP contribution in [-0.2, 0) is 9.59 Å². The number of amides is 1. The molecular formula is C24H18FNO3. The fraction of sp³-hybridized carbons (Fsp3) is 0.0833. The molecule has 0 unspecified atom stereocenters. The maximum absolute atomic E-state index is 13.4. The molecule has 0 spiro atoms. The fourth-order valence-electron chi connectivity index (χ4n) is 3.52. The van der Waals surface area contributed by atoms with Crippen LogP contribution in [0.4, 0.5) is 10.1 Å². The van der Waals surface area contributed by atoms with E-state index < -0.39 is 23.5 Å². The Bertz CT molecular complexity index is 1100. The molecule has 0 saturated carbocycles. The van der Waals surface area contributed by atoms with Gasteiger partial charge in [-0.2, -0.15) is 0 Å². The van der Waals surface area contributed by atoms with Crippen molar-refractivity contribution in [2.45, 2.75) is 13.0 Å². The standard InChI is InChI=1S/C24H18FNO3/c1-15-7-9-16(10-8-15)21-20(22(27)17-5-3-2-4-6-17)23(28)24(29)26(21)19-13-11-18(25)12-14-19/h2-14,21,27H,1H3/t21-/m1/s1. The van der Waals surface area contributed by atoms with Crippen LogP contribution in [0.5, 0.6) is 0 Å². The number of carbonyl (C=O) groups excluding carboxylic acids is 2. The maximum atomic E-state index is 13.4. The SMILES string of the molecule is Cc1ccc([C@@H]2C(=C(O)c3ccccc3)C(=O)C(=O)N2c2ccc(F)cc2)cc1. The van der Waals surface area contributed by atoms with Gasteiger partial charge in [-0.3, -0.25) is 14.5 Å². The number of hydrogen-bond acceptors (Lipinski definition) is 3. The van der Waals surface area contributed by atoms with Crippen LogP contribution in [0.1, 0.15) is 22.7 Å². The zero-order valence-corrected chi connectivity index (χ0v) is 15.7. The van der Waals surface area contributed by atoms with Crippen molar-refractivity contribution in [3.05, 3.63) is 107 Å². The summed E-state index contributed by atoms with van der Waals surface area (Å²) in [5, 5.41) is 10.9. The number of aryl methyl sites for hydroxylation is 1. The van der Waals surface area contributed by atoms with E-state index in [2.05, 4.69) is 0 Å². The highest BCUT2D eigenvalue weighted by atomic mass is 19.1. The topological polar surface area (TPSA) is 57.6 Å². The molecule has 0 radical (unpaired) electrons. The van der Waals surface area contributed by atoms with Crippen LogP contribution in [-0.4, -0.2) is 16.8 Å². The molecule has 3 aromatic rings. The molecule has 1 fully saturated rings. The highest BCUT2D eigenvalue weighted by molar-refractivity contribution is 6.51. The number of carbonyl (C=O) groups is 2. The molecule has 1 aliphatic heterocycles. The highest BCUT2D eigenvalue weighted by Gasteiger charge is 2.46. The summed E-state index contributed by atoms with van der Waals surface area (Å²) in [5.41, 5.74) is 2.54. The van der Waals surface area contributed by atoms with Crippen molar-refractivity contribution < 1.29 is 19.1 Å². The Hall–Kier alpha value is -3.73. The number of anilines is 1. The summed E-state index contributed by atoms with van der Waals surface area (Å²) < 4.78 is 13.4. The molecule has 4 nitrogen and oxygen atoms in total. The van der Waals surface area contributed by atoms with Gasteiger partial charge in [-0.05, 0) is 36.8 Å². The molecule has 1 amide bonds. The maximum Gasteiger partial charge on any atom is 0.300 e. The summed E-state index contributed by atoms with van der Waals surface area (Å²) in [6, 6.07) is 20.6. The van der Waals surface area contributed by atoms with E-state index in [0.717, 1.165) is 5.56 Å². The first-order valence-electron chi connectivity index (χ1n) is 9.16. The van der Waals surface area contributed by atoms with Gasteiger partial charge < -0.3 is 5.11 Å². The summed E-state index contributed by atoms with van der Waals surface area (Å²) in [6.45, 7) is 1.94. The Kier molecular flexibility index (Phi) is 4.72. The molecule has 1 saturated heterocycles. The average molecular weight is 387 g/mol. The number of aliphatic hydroxyl groups excluding tert-OH is 1. The number of rotatable bonds is 3. The van der Waals surface area contributed by atoms with E-state index in [1.807, 2.05) is 31.2 Å². The van der Waals surface area contributed by atoms with E-state index in [9.17, 15) is 19.1 Å². The molecule has 4 rings (SSSR count). The first-order chi connectivity index (χ1) is 14.0. The lowest BCUT2D eigenvalue weighted by molar-refractivity contribution is -0.132. The molecule has 1 heterocycles. The Morgan fingerprint density at radius 1 is 0.897 bits per heavy atom. The van der Waals surface area contributed by atoms with Crippen LogP contribution in [0.15, 0.2) is 84.4 Å². The minimum absolute atomic E-state index is 0.00868. The van der Waals surface area contributed by atoms with Gasteiger partial charge >= 0.3 is 0 Å². The van der Waals surface area contributed by atoms with Crippen molar-refractivity contribution in [3.8, 4) is 0 Å². The van der Waals surface area contributed by atoms with E-state index in [0.29, 0.717) is 16.8 Å². The Morgan fingerprint density at radius 3 is 2.14 bits per heavy atom. The van der Waals surface area contributed by atoms with E-state index in [-0.39, 0.29) is 11.3 Å². The fourth-order valence-corrected chi connectivity index (χ4v) is 3.52. The Labute approximate surface area is 167 Å². The van der Waals surface area contributed by atoms with Gasteiger partial charge in [0.2, 0.25) is 0 Å². The number of aliphatic hydroxyl groups is 1. The number of benzene rings is 3. The molecule has 0 bridgehead atoms. The molecular weight excluding hydrogens is 369 g/mol. The van der Waals surface area contributed by atoms with Gasteiger partial charge in [-0.25, -0.2) is 4.39 Å². The number of nitrogens with zero attached hydrogens (tertiary/aromatic N) is 1. The minimum Gasteiger partial charge on any atom is -0.507 e. The summed E-state index contributed by atoms with van der Waals surface area (Å²) in [6.07, 6.45) is 0. The number of Topliss-reactive ketones (excluding diaryl/α,β-unsaturated/α-hetero) is 1. The second-order valence-electron chi connectivity index (χ2n) is 6.92. The second kappa shape index (κ2) is 7.36. The quantitative estimate of drug-likeness (QED) is 0.400. The summed E-state index contributed by atoms with van der Waals surface area (Å²) in [4.78, 5) is 27.2. The van der Waals surface area contributed by atoms with Gasteiger partial charge in [0, 0.05) is 11.3 Å². The first kappa shape index (κ1) is 18.6. The highest BCUT2D eigenvalue weighted by Crippen LogP contribution is 2.42. The molecule has 1 aliphatic rings. The third-order valence-corrected chi connectivity index (χ3v) is 4.99. The lowest BCUT2D eigenvalue weighted by Crippen LogP contribution is -2.29. The van der Waals surface area contributed by atoms with Crippen LogP contribution in [0, 0.1) is 12.7 Å². The van der Waals surface area contributed by atoms with Crippen molar-refractivity contribution in [1.29, 1.82) is 0 Å². The normalized spacial score (nSPS) is 18.3. The first-order valence-corrected chi connectivity index (χ1v) is 9.16. The third-order valence-electron chi connectivity index (χ3n) is 4.99. The third kappa shape index (κ3) is 3.31. The monoisotopic (exact) mass is 387 g/mol. The van der Waals surface area contributed by atoms with E-state index in [1.54, 1.807) is 30.3 Å². The Balaban J connectivity index is 1.94. The molecule has 1 atom stereocenters.